The summed E-state index contributed by atoms with van der Waals surface area (Å²) in [4.78, 5) is 22.6. The number of esters is 1. The molecule has 1 aliphatic rings. The molecule has 1 aromatic rings. The van der Waals surface area contributed by atoms with Gasteiger partial charge in [0, 0.05) is 24.6 Å². The molecule has 5 heteroatoms. The molecule has 3 N–H and O–H groups in total. The van der Waals surface area contributed by atoms with E-state index in [2.05, 4.69) is 11.4 Å². The van der Waals surface area contributed by atoms with Crippen molar-refractivity contribution in [2.24, 2.45) is 5.73 Å². The minimum Gasteiger partial charge on any atom is -0.466 e. The third-order valence-corrected chi connectivity index (χ3v) is 3.65. The fraction of sp³-hybridized carbons (Fsp3) is 0.500. The quantitative estimate of drug-likeness (QED) is 0.788. The van der Waals surface area contributed by atoms with Crippen LogP contribution < -0.4 is 11.1 Å². The number of benzene rings is 1. The van der Waals surface area contributed by atoms with Crippen molar-refractivity contribution in [2.45, 2.75) is 45.1 Å². The zero-order valence-electron chi connectivity index (χ0n) is 12.4. The number of nitrogens with two attached hydrogens (primary N) is 1. The van der Waals surface area contributed by atoms with E-state index in [0.29, 0.717) is 25.9 Å². The van der Waals surface area contributed by atoms with Crippen LogP contribution in [0.25, 0.3) is 0 Å². The van der Waals surface area contributed by atoms with Crippen LogP contribution in [0.2, 0.25) is 0 Å². The summed E-state index contributed by atoms with van der Waals surface area (Å²) in [6, 6.07) is 5.82. The second kappa shape index (κ2) is 7.22. The average Bonchev–Trinajstić information content (AvgIpc) is 2.46. The number of rotatable bonds is 6. The molecular formula is C16H22N2O3. The maximum atomic E-state index is 11.3. The first-order valence-electron chi connectivity index (χ1n) is 7.44. The van der Waals surface area contributed by atoms with Gasteiger partial charge < -0.3 is 15.8 Å². The Bertz CT molecular complexity index is 528. The molecule has 2 rings (SSSR count). The number of nitrogens with one attached hydrogen (secondary N) is 1. The van der Waals surface area contributed by atoms with Crippen molar-refractivity contribution < 1.29 is 14.3 Å². The molecule has 1 aromatic carbocycles. The largest absolute Gasteiger partial charge is 0.466 e. The lowest BCUT2D eigenvalue weighted by Gasteiger charge is -2.19. The van der Waals surface area contributed by atoms with Crippen molar-refractivity contribution in [1.82, 2.24) is 0 Å². The maximum Gasteiger partial charge on any atom is 0.305 e. The van der Waals surface area contributed by atoms with Crippen LogP contribution in [0.1, 0.15) is 49.8 Å². The molecule has 1 aliphatic heterocycles. The lowest BCUT2D eigenvalue weighted by atomic mass is 9.95. The Hall–Kier alpha value is -1.88. The van der Waals surface area contributed by atoms with Crippen molar-refractivity contribution in [3.05, 3.63) is 29.3 Å². The van der Waals surface area contributed by atoms with Crippen LogP contribution in [-0.4, -0.2) is 18.5 Å². The van der Waals surface area contributed by atoms with Crippen LogP contribution in [0.3, 0.4) is 0 Å². The highest BCUT2D eigenvalue weighted by Crippen LogP contribution is 2.27. The number of hydrogen-bond acceptors (Lipinski definition) is 4. The Labute approximate surface area is 124 Å². The molecule has 0 spiro atoms. The molecule has 1 unspecified atom stereocenters. The van der Waals surface area contributed by atoms with Crippen molar-refractivity contribution in [1.29, 1.82) is 0 Å². The van der Waals surface area contributed by atoms with Crippen LogP contribution in [0.4, 0.5) is 5.69 Å². The molecule has 21 heavy (non-hydrogen) atoms. The first-order valence-corrected chi connectivity index (χ1v) is 7.44. The van der Waals surface area contributed by atoms with Gasteiger partial charge in [-0.05, 0) is 43.4 Å². The predicted octanol–water partition coefficient (Wildman–Crippen LogP) is 2.30. The van der Waals surface area contributed by atoms with E-state index >= 15 is 0 Å². The van der Waals surface area contributed by atoms with E-state index in [-0.39, 0.29) is 17.9 Å². The molecule has 0 fully saturated rings. The van der Waals surface area contributed by atoms with Crippen molar-refractivity contribution in [2.75, 3.05) is 11.9 Å². The summed E-state index contributed by atoms with van der Waals surface area (Å²) < 4.78 is 4.89. The fourth-order valence-corrected chi connectivity index (χ4v) is 2.50. The third-order valence-electron chi connectivity index (χ3n) is 3.65. The Kier molecular flexibility index (Phi) is 5.33. The van der Waals surface area contributed by atoms with Crippen molar-refractivity contribution in [3.8, 4) is 0 Å². The zero-order chi connectivity index (χ0) is 15.2. The van der Waals surface area contributed by atoms with Crippen molar-refractivity contribution >= 4 is 17.6 Å². The Balaban J connectivity index is 1.89. The van der Waals surface area contributed by atoms with E-state index in [4.69, 9.17) is 10.5 Å². The molecule has 1 heterocycles. The van der Waals surface area contributed by atoms with Gasteiger partial charge in [0.15, 0.2) is 0 Å². The first kappa shape index (κ1) is 15.5. The normalized spacial score (nSPS) is 15.0. The van der Waals surface area contributed by atoms with Gasteiger partial charge in [0.1, 0.15) is 0 Å². The smallest absolute Gasteiger partial charge is 0.305 e. The molecule has 114 valence electrons. The number of carbonyl (C=O) groups is 2. The van der Waals surface area contributed by atoms with Gasteiger partial charge in [-0.15, -0.1) is 0 Å². The summed E-state index contributed by atoms with van der Waals surface area (Å²) in [6.45, 7) is 2.22. The second-order valence-electron chi connectivity index (χ2n) is 5.27. The molecule has 0 bridgehead atoms. The summed E-state index contributed by atoms with van der Waals surface area (Å²) in [5.41, 5.74) is 9.24. The third kappa shape index (κ3) is 4.29. The molecular weight excluding hydrogens is 268 g/mol. The minimum absolute atomic E-state index is 0.0639. The van der Waals surface area contributed by atoms with Crippen molar-refractivity contribution in [3.63, 3.8) is 0 Å². The Morgan fingerprint density at radius 2 is 2.24 bits per heavy atom. The van der Waals surface area contributed by atoms with Crippen LogP contribution in [-0.2, 0) is 20.7 Å². The highest BCUT2D eigenvalue weighted by molar-refractivity contribution is 5.93. The number of hydrogen-bond donors (Lipinski definition) is 2. The molecule has 0 saturated heterocycles. The zero-order valence-corrected chi connectivity index (χ0v) is 12.4. The monoisotopic (exact) mass is 290 g/mol. The summed E-state index contributed by atoms with van der Waals surface area (Å²) in [5, 5.41) is 2.86. The first-order chi connectivity index (χ1) is 10.1. The number of carbonyl (C=O) groups excluding carboxylic acids is 2. The Morgan fingerprint density at radius 1 is 1.43 bits per heavy atom. The highest BCUT2D eigenvalue weighted by atomic mass is 16.5. The van der Waals surface area contributed by atoms with Gasteiger partial charge >= 0.3 is 5.97 Å². The fourth-order valence-electron chi connectivity index (χ4n) is 2.50. The van der Waals surface area contributed by atoms with Gasteiger partial charge in [0.05, 0.1) is 6.61 Å². The summed E-state index contributed by atoms with van der Waals surface area (Å²) >= 11 is 0. The number of ether oxygens (including phenoxy) is 1. The van der Waals surface area contributed by atoms with Crippen LogP contribution in [0, 0.1) is 0 Å². The van der Waals surface area contributed by atoms with Crippen LogP contribution in [0.5, 0.6) is 0 Å². The van der Waals surface area contributed by atoms with E-state index in [0.717, 1.165) is 29.7 Å². The average molecular weight is 290 g/mol. The van der Waals surface area contributed by atoms with E-state index < -0.39 is 0 Å². The molecule has 0 radical (unpaired) electrons. The number of anilines is 1. The molecule has 1 amide bonds. The van der Waals surface area contributed by atoms with Gasteiger partial charge in [-0.2, -0.15) is 0 Å². The van der Waals surface area contributed by atoms with Gasteiger partial charge in [-0.1, -0.05) is 12.1 Å². The topological polar surface area (TPSA) is 81.4 Å². The number of fused-ring (bicyclic) bond motifs is 1. The summed E-state index contributed by atoms with van der Waals surface area (Å²) in [5.74, 6) is -0.105. The van der Waals surface area contributed by atoms with E-state index in [1.54, 1.807) is 6.92 Å². The van der Waals surface area contributed by atoms with E-state index in [1.165, 1.54) is 0 Å². The van der Waals surface area contributed by atoms with E-state index in [9.17, 15) is 9.59 Å². The van der Waals surface area contributed by atoms with Crippen LogP contribution >= 0.6 is 0 Å². The lowest BCUT2D eigenvalue weighted by Crippen LogP contribution is -2.20. The predicted molar refractivity (Wildman–Crippen MR) is 80.8 cm³/mol. The SMILES string of the molecule is CCOC(=O)CCCC(N)c1ccc2c(c1)CCC(=O)N2. The molecule has 1 atom stereocenters. The molecule has 5 nitrogen and oxygen atoms in total. The second-order valence-corrected chi connectivity index (χ2v) is 5.27. The lowest BCUT2D eigenvalue weighted by molar-refractivity contribution is -0.143. The van der Waals surface area contributed by atoms with Gasteiger partial charge in [-0.3, -0.25) is 9.59 Å². The minimum atomic E-state index is -0.169. The van der Waals surface area contributed by atoms with E-state index in [1.807, 2.05) is 12.1 Å². The summed E-state index contributed by atoms with van der Waals surface area (Å²) in [6.07, 6.45) is 3.14. The number of aryl methyl sites for hydroxylation is 1. The maximum absolute atomic E-state index is 11.3. The van der Waals surface area contributed by atoms with Gasteiger partial charge in [-0.25, -0.2) is 0 Å². The molecule has 0 aliphatic carbocycles. The highest BCUT2D eigenvalue weighted by Gasteiger charge is 2.16. The molecule has 0 saturated carbocycles. The summed E-state index contributed by atoms with van der Waals surface area (Å²) in [7, 11) is 0. The Morgan fingerprint density at radius 3 is 3.00 bits per heavy atom. The number of amides is 1. The van der Waals surface area contributed by atoms with Gasteiger partial charge in [0.2, 0.25) is 5.91 Å². The van der Waals surface area contributed by atoms with Gasteiger partial charge in [0.25, 0.3) is 0 Å². The standard InChI is InChI=1S/C16H22N2O3/c1-2-21-16(20)5-3-4-13(17)11-6-8-14-12(10-11)7-9-15(19)18-14/h6,8,10,13H,2-5,7,9,17H2,1H3,(H,18,19). The van der Waals surface area contributed by atoms with Crippen LogP contribution in [0.15, 0.2) is 18.2 Å². The molecule has 0 aromatic heterocycles.